The van der Waals surface area contributed by atoms with Gasteiger partial charge in [0, 0.05) is 6.07 Å². The van der Waals surface area contributed by atoms with E-state index in [0.29, 0.717) is 0 Å². The number of aryl methyl sites for hydroxylation is 1. The van der Waals surface area contributed by atoms with Crippen molar-refractivity contribution in [3.05, 3.63) is 29.1 Å². The van der Waals surface area contributed by atoms with E-state index in [-0.39, 0.29) is 11.1 Å². The zero-order valence-corrected chi connectivity index (χ0v) is 8.18. The van der Waals surface area contributed by atoms with E-state index in [0.717, 1.165) is 12.1 Å². The number of Topliss-reactive ketones (excluding diaryl/α,β-unsaturated/α-hetero) is 1. The van der Waals surface area contributed by atoms with Gasteiger partial charge in [-0.05, 0) is 25.5 Å². The third-order valence-electron chi connectivity index (χ3n) is 1.83. The number of carbonyl (C=O) groups is 1. The van der Waals surface area contributed by atoms with Crippen molar-refractivity contribution in [2.45, 2.75) is 20.5 Å². The summed E-state index contributed by atoms with van der Waals surface area (Å²) >= 11 is 0. The fourth-order valence-electron chi connectivity index (χ4n) is 1.35. The molecule has 1 aromatic rings. The Balaban J connectivity index is 3.27. The van der Waals surface area contributed by atoms with Crippen molar-refractivity contribution in [1.82, 2.24) is 0 Å². The predicted molar refractivity (Wildman–Crippen MR) is 47.8 cm³/mol. The molecule has 0 unspecified atom stereocenters. The van der Waals surface area contributed by atoms with E-state index in [1.165, 1.54) is 13.8 Å². The van der Waals surface area contributed by atoms with Gasteiger partial charge >= 0.3 is 6.61 Å². The van der Waals surface area contributed by atoms with Gasteiger partial charge in [-0.15, -0.1) is 0 Å². The molecule has 82 valence electrons. The summed E-state index contributed by atoms with van der Waals surface area (Å²) in [6, 6.07) is 1.87. The Morgan fingerprint density at radius 2 is 2.00 bits per heavy atom. The van der Waals surface area contributed by atoms with Crippen LogP contribution in [0.3, 0.4) is 0 Å². The number of ether oxygens (including phenoxy) is 1. The summed E-state index contributed by atoms with van der Waals surface area (Å²) in [5, 5.41) is 0. The van der Waals surface area contributed by atoms with Crippen molar-refractivity contribution in [3.8, 4) is 5.75 Å². The van der Waals surface area contributed by atoms with Gasteiger partial charge < -0.3 is 4.74 Å². The Kier molecular flexibility index (Phi) is 3.34. The van der Waals surface area contributed by atoms with Crippen LogP contribution in [0.25, 0.3) is 0 Å². The lowest BCUT2D eigenvalue weighted by Gasteiger charge is -2.11. The fourth-order valence-corrected chi connectivity index (χ4v) is 1.35. The van der Waals surface area contributed by atoms with E-state index < -0.39 is 24.0 Å². The Morgan fingerprint density at radius 1 is 1.40 bits per heavy atom. The number of rotatable bonds is 3. The van der Waals surface area contributed by atoms with Crippen LogP contribution in [0.5, 0.6) is 5.75 Å². The highest BCUT2D eigenvalue weighted by Crippen LogP contribution is 2.25. The zero-order chi connectivity index (χ0) is 11.6. The first-order chi connectivity index (χ1) is 6.91. The minimum absolute atomic E-state index is 0.0169. The Hall–Kier alpha value is -1.52. The molecule has 0 atom stereocenters. The topological polar surface area (TPSA) is 26.3 Å². The number of benzene rings is 1. The van der Waals surface area contributed by atoms with Crippen LogP contribution in [-0.4, -0.2) is 12.4 Å². The van der Waals surface area contributed by atoms with Crippen LogP contribution in [0, 0.1) is 12.7 Å². The van der Waals surface area contributed by atoms with Gasteiger partial charge in [0.2, 0.25) is 0 Å². The summed E-state index contributed by atoms with van der Waals surface area (Å²) in [6.45, 7) is -0.416. The lowest BCUT2D eigenvalue weighted by Crippen LogP contribution is -2.08. The molecule has 0 amide bonds. The molecule has 0 bridgehead atoms. The molecule has 0 aliphatic rings. The molecule has 0 aliphatic heterocycles. The minimum Gasteiger partial charge on any atom is -0.434 e. The van der Waals surface area contributed by atoms with E-state index in [1.54, 1.807) is 0 Å². The quantitative estimate of drug-likeness (QED) is 0.729. The maximum absolute atomic E-state index is 12.9. The summed E-state index contributed by atoms with van der Waals surface area (Å²) in [7, 11) is 0. The first-order valence-corrected chi connectivity index (χ1v) is 4.17. The molecule has 0 spiro atoms. The molecule has 15 heavy (non-hydrogen) atoms. The average Bonchev–Trinajstić information content (AvgIpc) is 1.99. The van der Waals surface area contributed by atoms with Gasteiger partial charge in [-0.25, -0.2) is 4.39 Å². The van der Waals surface area contributed by atoms with Crippen LogP contribution in [-0.2, 0) is 0 Å². The maximum Gasteiger partial charge on any atom is 0.387 e. The Labute approximate surface area is 84.7 Å². The highest BCUT2D eigenvalue weighted by atomic mass is 19.3. The second-order valence-corrected chi connectivity index (χ2v) is 3.03. The van der Waals surface area contributed by atoms with Crippen molar-refractivity contribution in [2.75, 3.05) is 0 Å². The summed E-state index contributed by atoms with van der Waals surface area (Å²) in [5.74, 6) is -1.58. The predicted octanol–water partition coefficient (Wildman–Crippen LogP) is 2.94. The number of halogens is 3. The number of carbonyl (C=O) groups excluding carboxylic acids is 1. The van der Waals surface area contributed by atoms with Crippen LogP contribution < -0.4 is 4.74 Å². The molecule has 0 fully saturated rings. The van der Waals surface area contributed by atoms with Gasteiger partial charge in [0.1, 0.15) is 11.6 Å². The molecule has 0 radical (unpaired) electrons. The van der Waals surface area contributed by atoms with Gasteiger partial charge in [-0.2, -0.15) is 8.78 Å². The molecule has 1 rings (SSSR count). The lowest BCUT2D eigenvalue weighted by atomic mass is 10.0. The van der Waals surface area contributed by atoms with Gasteiger partial charge in [0.15, 0.2) is 5.78 Å². The first kappa shape index (κ1) is 11.6. The standard InChI is InChI=1S/C10H9F3O2/c1-5-3-7(11)4-8(15-10(12)13)9(5)6(2)14/h3-4,10H,1-2H3. The van der Waals surface area contributed by atoms with Crippen molar-refractivity contribution in [3.63, 3.8) is 0 Å². The minimum atomic E-state index is -3.08. The molecule has 0 aromatic heterocycles. The second kappa shape index (κ2) is 4.33. The summed E-state index contributed by atoms with van der Waals surface area (Å²) in [6.07, 6.45) is 0. The monoisotopic (exact) mass is 218 g/mol. The first-order valence-electron chi connectivity index (χ1n) is 4.17. The Morgan fingerprint density at radius 3 is 2.47 bits per heavy atom. The smallest absolute Gasteiger partial charge is 0.387 e. The molecule has 0 heterocycles. The molecule has 0 N–H and O–H groups in total. The van der Waals surface area contributed by atoms with Crippen LogP contribution in [0.4, 0.5) is 13.2 Å². The van der Waals surface area contributed by atoms with Crippen molar-refractivity contribution >= 4 is 5.78 Å². The van der Waals surface area contributed by atoms with Gasteiger partial charge in [-0.1, -0.05) is 0 Å². The van der Waals surface area contributed by atoms with Gasteiger partial charge in [-0.3, -0.25) is 4.79 Å². The molecule has 0 saturated heterocycles. The van der Waals surface area contributed by atoms with E-state index in [9.17, 15) is 18.0 Å². The second-order valence-electron chi connectivity index (χ2n) is 3.03. The highest BCUT2D eigenvalue weighted by Gasteiger charge is 2.16. The normalized spacial score (nSPS) is 10.5. The summed E-state index contributed by atoms with van der Waals surface area (Å²) < 4.78 is 40.9. The van der Waals surface area contributed by atoms with Crippen molar-refractivity contribution in [2.24, 2.45) is 0 Å². The number of hydrogen-bond acceptors (Lipinski definition) is 2. The molecule has 0 saturated carbocycles. The maximum atomic E-state index is 12.9. The van der Waals surface area contributed by atoms with Crippen molar-refractivity contribution < 1.29 is 22.7 Å². The van der Waals surface area contributed by atoms with Gasteiger partial charge in [0.05, 0.1) is 5.56 Å². The average molecular weight is 218 g/mol. The Bertz CT molecular complexity index is 388. The molecule has 1 aromatic carbocycles. The lowest BCUT2D eigenvalue weighted by molar-refractivity contribution is -0.0503. The largest absolute Gasteiger partial charge is 0.434 e. The third-order valence-corrected chi connectivity index (χ3v) is 1.83. The molecule has 2 nitrogen and oxygen atoms in total. The number of hydrogen-bond donors (Lipinski definition) is 0. The van der Waals surface area contributed by atoms with E-state index in [2.05, 4.69) is 4.74 Å². The summed E-state index contributed by atoms with van der Waals surface area (Å²) in [5.41, 5.74) is 0.259. The van der Waals surface area contributed by atoms with E-state index in [1.807, 2.05) is 0 Å². The third kappa shape index (κ3) is 2.71. The van der Waals surface area contributed by atoms with Crippen LogP contribution in [0.15, 0.2) is 12.1 Å². The number of alkyl halides is 2. The van der Waals surface area contributed by atoms with Crippen LogP contribution in [0.1, 0.15) is 22.8 Å². The zero-order valence-electron chi connectivity index (χ0n) is 8.18. The van der Waals surface area contributed by atoms with Crippen LogP contribution in [0.2, 0.25) is 0 Å². The number of ketones is 1. The molecular formula is C10H9F3O2. The molecule has 0 aliphatic carbocycles. The molecular weight excluding hydrogens is 209 g/mol. The van der Waals surface area contributed by atoms with E-state index in [4.69, 9.17) is 0 Å². The van der Waals surface area contributed by atoms with Crippen LogP contribution >= 0.6 is 0 Å². The fraction of sp³-hybridized carbons (Fsp3) is 0.300. The molecule has 5 heteroatoms. The summed E-state index contributed by atoms with van der Waals surface area (Å²) in [4.78, 5) is 11.1. The van der Waals surface area contributed by atoms with E-state index >= 15 is 0 Å². The SMILES string of the molecule is CC(=O)c1c(C)cc(F)cc1OC(F)F. The highest BCUT2D eigenvalue weighted by molar-refractivity contribution is 5.98. The van der Waals surface area contributed by atoms with Crippen molar-refractivity contribution in [1.29, 1.82) is 0 Å². The van der Waals surface area contributed by atoms with Gasteiger partial charge in [0.25, 0.3) is 0 Å².